The number of unbranched alkanes of at least 4 members (excludes halogenated alkanes) is 3. The standard InChI is InChI=1S/C17H33O10P/c1-3-5-6-7-9-17(21)27-15(12-24-16(20)8-4-2)13-26-28(22,23)25-11-14(19)10-18/h14-15,18-19H,3-13H2,1-2H3,(H,22,23)/t14-,15+/m0/s1. The molecule has 0 aliphatic heterocycles. The summed E-state index contributed by atoms with van der Waals surface area (Å²) in [6.07, 6.45) is 2.09. The topological polar surface area (TPSA) is 149 Å². The highest BCUT2D eigenvalue weighted by atomic mass is 31.2. The number of phosphoric acid groups is 1. The molecule has 11 heteroatoms. The average molecular weight is 428 g/mol. The van der Waals surface area contributed by atoms with E-state index in [0.29, 0.717) is 12.8 Å². The molecule has 0 aliphatic rings. The third-order valence-corrected chi connectivity index (χ3v) is 4.43. The highest BCUT2D eigenvalue weighted by molar-refractivity contribution is 7.47. The van der Waals surface area contributed by atoms with Crippen molar-refractivity contribution < 1.29 is 47.8 Å². The van der Waals surface area contributed by atoms with Crippen LogP contribution in [0.5, 0.6) is 0 Å². The fraction of sp³-hybridized carbons (Fsp3) is 0.882. The lowest BCUT2D eigenvalue weighted by molar-refractivity contribution is -0.161. The second kappa shape index (κ2) is 15.8. The van der Waals surface area contributed by atoms with E-state index in [9.17, 15) is 19.0 Å². The molecule has 0 amide bonds. The molecule has 28 heavy (non-hydrogen) atoms. The van der Waals surface area contributed by atoms with E-state index in [1.807, 2.05) is 6.92 Å². The lowest BCUT2D eigenvalue weighted by Gasteiger charge is -2.20. The van der Waals surface area contributed by atoms with Crippen LogP contribution in [0.4, 0.5) is 0 Å². The van der Waals surface area contributed by atoms with Crippen molar-refractivity contribution in [2.75, 3.05) is 26.4 Å². The van der Waals surface area contributed by atoms with Crippen LogP contribution in [0, 0.1) is 0 Å². The highest BCUT2D eigenvalue weighted by Gasteiger charge is 2.27. The number of aliphatic hydroxyl groups is 2. The molecule has 166 valence electrons. The van der Waals surface area contributed by atoms with Gasteiger partial charge in [-0.3, -0.25) is 18.6 Å². The number of hydrogen-bond donors (Lipinski definition) is 3. The lowest BCUT2D eigenvalue weighted by Crippen LogP contribution is -2.29. The van der Waals surface area contributed by atoms with E-state index in [-0.39, 0.29) is 19.4 Å². The Balaban J connectivity index is 4.59. The van der Waals surface area contributed by atoms with Gasteiger partial charge >= 0.3 is 19.8 Å². The van der Waals surface area contributed by atoms with Gasteiger partial charge < -0.3 is 24.6 Å². The maximum atomic E-state index is 11.9. The largest absolute Gasteiger partial charge is 0.472 e. The number of carbonyl (C=O) groups is 2. The monoisotopic (exact) mass is 428 g/mol. The Labute approximate surface area is 165 Å². The first-order valence-electron chi connectivity index (χ1n) is 9.49. The highest BCUT2D eigenvalue weighted by Crippen LogP contribution is 2.43. The van der Waals surface area contributed by atoms with Crippen molar-refractivity contribution in [2.24, 2.45) is 0 Å². The fourth-order valence-corrected chi connectivity index (χ4v) is 2.76. The van der Waals surface area contributed by atoms with E-state index >= 15 is 0 Å². The minimum absolute atomic E-state index is 0.176. The van der Waals surface area contributed by atoms with Crippen LogP contribution in [-0.2, 0) is 32.7 Å². The second-order valence-corrected chi connectivity index (χ2v) is 7.71. The van der Waals surface area contributed by atoms with Crippen molar-refractivity contribution in [1.29, 1.82) is 0 Å². The molecule has 0 saturated heterocycles. The van der Waals surface area contributed by atoms with E-state index in [1.165, 1.54) is 0 Å². The van der Waals surface area contributed by atoms with Gasteiger partial charge in [-0.25, -0.2) is 4.57 Å². The van der Waals surface area contributed by atoms with Crippen molar-refractivity contribution >= 4 is 19.8 Å². The summed E-state index contributed by atoms with van der Waals surface area (Å²) in [5.41, 5.74) is 0. The first kappa shape index (κ1) is 27.0. The van der Waals surface area contributed by atoms with Gasteiger partial charge in [-0.05, 0) is 12.8 Å². The van der Waals surface area contributed by atoms with Crippen molar-refractivity contribution in [3.8, 4) is 0 Å². The Hall–Kier alpha value is -1.03. The van der Waals surface area contributed by atoms with Gasteiger partial charge in [0.2, 0.25) is 0 Å². The van der Waals surface area contributed by atoms with Crippen LogP contribution in [0.25, 0.3) is 0 Å². The molecular formula is C17H33O10P. The second-order valence-electron chi connectivity index (χ2n) is 6.25. The number of aliphatic hydroxyl groups excluding tert-OH is 2. The summed E-state index contributed by atoms with van der Waals surface area (Å²) in [5, 5.41) is 17.8. The summed E-state index contributed by atoms with van der Waals surface area (Å²) in [5.74, 6) is -1.01. The number of esters is 2. The molecule has 1 unspecified atom stereocenters. The molecule has 0 radical (unpaired) electrons. The zero-order valence-corrected chi connectivity index (χ0v) is 17.5. The zero-order chi connectivity index (χ0) is 21.4. The van der Waals surface area contributed by atoms with E-state index in [0.717, 1.165) is 19.3 Å². The molecule has 0 rings (SSSR count). The van der Waals surface area contributed by atoms with Crippen LogP contribution in [0.15, 0.2) is 0 Å². The van der Waals surface area contributed by atoms with Gasteiger partial charge in [0.25, 0.3) is 0 Å². The van der Waals surface area contributed by atoms with Crippen molar-refractivity contribution in [3.63, 3.8) is 0 Å². The molecule has 0 bridgehead atoms. The maximum absolute atomic E-state index is 11.9. The van der Waals surface area contributed by atoms with E-state index in [2.05, 4.69) is 4.52 Å². The number of ether oxygens (including phenoxy) is 2. The van der Waals surface area contributed by atoms with Gasteiger partial charge in [-0.1, -0.05) is 33.1 Å². The molecule has 10 nitrogen and oxygen atoms in total. The fourth-order valence-electron chi connectivity index (χ4n) is 1.97. The van der Waals surface area contributed by atoms with Crippen LogP contribution >= 0.6 is 7.82 Å². The van der Waals surface area contributed by atoms with Crippen LogP contribution in [0.1, 0.15) is 58.8 Å². The summed E-state index contributed by atoms with van der Waals surface area (Å²) in [6, 6.07) is 0. The van der Waals surface area contributed by atoms with Gasteiger partial charge in [0.1, 0.15) is 12.7 Å². The van der Waals surface area contributed by atoms with E-state index < -0.39 is 51.8 Å². The van der Waals surface area contributed by atoms with Gasteiger partial charge in [0, 0.05) is 12.8 Å². The molecule has 0 fully saturated rings. The molecule has 0 saturated carbocycles. The Morgan fingerprint density at radius 2 is 1.61 bits per heavy atom. The van der Waals surface area contributed by atoms with Crippen LogP contribution in [0.3, 0.4) is 0 Å². The first-order valence-corrected chi connectivity index (χ1v) is 11.0. The zero-order valence-electron chi connectivity index (χ0n) is 16.6. The molecule has 3 N–H and O–H groups in total. The van der Waals surface area contributed by atoms with Gasteiger partial charge in [0.15, 0.2) is 6.10 Å². The molecule has 0 aliphatic carbocycles. The molecule has 0 heterocycles. The van der Waals surface area contributed by atoms with E-state index in [1.54, 1.807) is 6.92 Å². The first-order chi connectivity index (χ1) is 13.2. The number of carbonyl (C=O) groups excluding carboxylic acids is 2. The van der Waals surface area contributed by atoms with Gasteiger partial charge in [-0.15, -0.1) is 0 Å². The molecule has 3 atom stereocenters. The van der Waals surface area contributed by atoms with E-state index in [4.69, 9.17) is 24.2 Å². The smallest absolute Gasteiger partial charge is 0.462 e. The molecule has 0 aromatic heterocycles. The molecular weight excluding hydrogens is 395 g/mol. The third-order valence-electron chi connectivity index (χ3n) is 3.48. The predicted molar refractivity (Wildman–Crippen MR) is 99.3 cm³/mol. The summed E-state index contributed by atoms with van der Waals surface area (Å²) in [4.78, 5) is 33.0. The predicted octanol–water partition coefficient (Wildman–Crippen LogP) is 1.70. The van der Waals surface area contributed by atoms with Crippen LogP contribution < -0.4 is 0 Å². The Morgan fingerprint density at radius 3 is 2.21 bits per heavy atom. The lowest BCUT2D eigenvalue weighted by atomic mass is 10.1. The Kier molecular flexibility index (Phi) is 15.3. The normalized spacial score (nSPS) is 15.5. The Morgan fingerprint density at radius 1 is 0.929 bits per heavy atom. The van der Waals surface area contributed by atoms with Crippen LogP contribution in [0.2, 0.25) is 0 Å². The molecule has 0 aromatic rings. The van der Waals surface area contributed by atoms with Gasteiger partial charge in [-0.2, -0.15) is 0 Å². The SMILES string of the molecule is CCCCCCC(=O)O[C@H](COC(=O)CCC)COP(=O)(O)OC[C@@H](O)CO. The number of phosphoric ester groups is 1. The number of hydrogen-bond acceptors (Lipinski definition) is 9. The summed E-state index contributed by atoms with van der Waals surface area (Å²) in [6.45, 7) is 1.73. The minimum Gasteiger partial charge on any atom is -0.462 e. The molecule has 0 aromatic carbocycles. The number of rotatable bonds is 17. The van der Waals surface area contributed by atoms with Crippen LogP contribution in [-0.4, -0.2) is 65.7 Å². The van der Waals surface area contributed by atoms with Crippen molar-refractivity contribution in [3.05, 3.63) is 0 Å². The molecule has 0 spiro atoms. The summed E-state index contributed by atoms with van der Waals surface area (Å²) in [7, 11) is -4.55. The Bertz CT molecular complexity index is 485. The van der Waals surface area contributed by atoms with Crippen molar-refractivity contribution in [1.82, 2.24) is 0 Å². The average Bonchev–Trinajstić information content (AvgIpc) is 2.65. The van der Waals surface area contributed by atoms with Crippen molar-refractivity contribution in [2.45, 2.75) is 71.0 Å². The van der Waals surface area contributed by atoms with Gasteiger partial charge in [0.05, 0.1) is 19.8 Å². The minimum atomic E-state index is -4.55. The summed E-state index contributed by atoms with van der Waals surface area (Å²) < 4.78 is 31.2. The quantitative estimate of drug-likeness (QED) is 0.177. The summed E-state index contributed by atoms with van der Waals surface area (Å²) >= 11 is 0. The maximum Gasteiger partial charge on any atom is 0.472 e. The third kappa shape index (κ3) is 15.0.